The Morgan fingerprint density at radius 2 is 2.00 bits per heavy atom. The van der Waals surface area contributed by atoms with Crippen LogP contribution >= 0.6 is 0 Å². The summed E-state index contributed by atoms with van der Waals surface area (Å²) in [5.41, 5.74) is 1.60. The molecule has 0 bridgehead atoms. The van der Waals surface area contributed by atoms with Crippen LogP contribution in [0.15, 0.2) is 18.2 Å². The molecule has 24 heavy (non-hydrogen) atoms. The smallest absolute Gasteiger partial charge is 0.255 e. The Bertz CT molecular complexity index is 603. The van der Waals surface area contributed by atoms with Gasteiger partial charge in [-0.3, -0.25) is 14.5 Å². The molecule has 1 fully saturated rings. The fourth-order valence-corrected chi connectivity index (χ4v) is 3.19. The van der Waals surface area contributed by atoms with Gasteiger partial charge in [0.15, 0.2) is 0 Å². The van der Waals surface area contributed by atoms with Crippen molar-refractivity contribution >= 4 is 11.8 Å². The van der Waals surface area contributed by atoms with Gasteiger partial charge in [-0.1, -0.05) is 6.07 Å². The second-order valence-corrected chi connectivity index (χ2v) is 6.34. The van der Waals surface area contributed by atoms with Crippen LogP contribution in [0.4, 0.5) is 0 Å². The van der Waals surface area contributed by atoms with E-state index in [9.17, 15) is 9.59 Å². The summed E-state index contributed by atoms with van der Waals surface area (Å²) in [4.78, 5) is 26.2. The summed E-state index contributed by atoms with van der Waals surface area (Å²) < 4.78 is 5.30. The first-order valence-corrected chi connectivity index (χ1v) is 8.31. The molecule has 0 aliphatic carbocycles. The molecule has 132 valence electrons. The van der Waals surface area contributed by atoms with Gasteiger partial charge >= 0.3 is 0 Å². The number of carbonyl (C=O) groups excluding carboxylic acids is 2. The zero-order chi connectivity index (χ0) is 17.7. The number of aryl methyl sites for hydroxylation is 1. The van der Waals surface area contributed by atoms with E-state index in [1.54, 1.807) is 20.2 Å². The van der Waals surface area contributed by atoms with E-state index in [0.717, 1.165) is 18.4 Å². The van der Waals surface area contributed by atoms with Crippen LogP contribution in [0, 0.1) is 6.92 Å². The number of likely N-dealkylation sites (tertiary alicyclic amines) is 1. The Balaban J connectivity index is 1.92. The standard InChI is InChI=1S/C18H27N3O3/c1-12-5-8-15(16(9-12)24-4)18(23)20-11-14-7-6-13(21(14)3)10-17(22)19-2/h5,8-9,13-14H,6-7,10-11H2,1-4H3,(H,19,22)(H,20,23)/t13-,14+/m1/s1. The van der Waals surface area contributed by atoms with Crippen molar-refractivity contribution in [2.45, 2.75) is 38.3 Å². The van der Waals surface area contributed by atoms with Crippen molar-refractivity contribution in [2.75, 3.05) is 27.7 Å². The van der Waals surface area contributed by atoms with E-state index in [2.05, 4.69) is 15.5 Å². The van der Waals surface area contributed by atoms with Gasteiger partial charge in [0.1, 0.15) is 5.75 Å². The summed E-state index contributed by atoms with van der Waals surface area (Å²) >= 11 is 0. The van der Waals surface area contributed by atoms with Crippen molar-refractivity contribution in [2.24, 2.45) is 0 Å². The third-order valence-corrected chi connectivity index (χ3v) is 4.78. The molecule has 2 rings (SSSR count). The second kappa shape index (κ2) is 8.15. The fraction of sp³-hybridized carbons (Fsp3) is 0.556. The maximum absolute atomic E-state index is 12.4. The lowest BCUT2D eigenvalue weighted by Crippen LogP contribution is -2.42. The molecule has 0 unspecified atom stereocenters. The largest absolute Gasteiger partial charge is 0.496 e. The minimum absolute atomic E-state index is 0.0564. The van der Waals surface area contributed by atoms with Gasteiger partial charge in [-0.25, -0.2) is 0 Å². The molecule has 1 aromatic rings. The summed E-state index contributed by atoms with van der Waals surface area (Å²) in [6.45, 7) is 2.53. The number of nitrogens with one attached hydrogen (secondary N) is 2. The number of rotatable bonds is 6. The molecule has 6 heteroatoms. The number of ether oxygens (including phenoxy) is 1. The van der Waals surface area contributed by atoms with E-state index >= 15 is 0 Å². The number of amides is 2. The summed E-state index contributed by atoms with van der Waals surface area (Å²) in [5.74, 6) is 0.515. The predicted molar refractivity (Wildman–Crippen MR) is 93.3 cm³/mol. The zero-order valence-corrected chi connectivity index (χ0v) is 14.9. The maximum Gasteiger partial charge on any atom is 0.255 e. The van der Waals surface area contributed by atoms with Crippen LogP contribution in [0.1, 0.15) is 35.2 Å². The summed E-state index contributed by atoms with van der Waals surface area (Å²) in [7, 11) is 5.24. The zero-order valence-electron chi connectivity index (χ0n) is 14.9. The van der Waals surface area contributed by atoms with Gasteiger partial charge in [-0.05, 0) is 44.5 Å². The average molecular weight is 333 g/mol. The Morgan fingerprint density at radius 3 is 2.67 bits per heavy atom. The number of likely N-dealkylation sites (N-methyl/N-ethyl adjacent to an activating group) is 1. The molecular formula is C18H27N3O3. The van der Waals surface area contributed by atoms with E-state index in [-0.39, 0.29) is 23.9 Å². The number of carbonyl (C=O) groups is 2. The Hall–Kier alpha value is -2.08. The lowest BCUT2D eigenvalue weighted by atomic mass is 10.1. The van der Waals surface area contributed by atoms with Gasteiger partial charge < -0.3 is 15.4 Å². The molecule has 0 aromatic heterocycles. The molecule has 2 amide bonds. The second-order valence-electron chi connectivity index (χ2n) is 6.34. The van der Waals surface area contributed by atoms with Gasteiger partial charge in [0.2, 0.25) is 5.91 Å². The third-order valence-electron chi connectivity index (χ3n) is 4.78. The Labute approximate surface area is 143 Å². The van der Waals surface area contributed by atoms with Crippen LogP contribution < -0.4 is 15.4 Å². The molecule has 2 atom stereocenters. The molecule has 1 aliphatic rings. The monoisotopic (exact) mass is 333 g/mol. The quantitative estimate of drug-likeness (QED) is 0.824. The van der Waals surface area contributed by atoms with Crippen LogP contribution in [0.25, 0.3) is 0 Å². The number of nitrogens with zero attached hydrogens (tertiary/aromatic N) is 1. The highest BCUT2D eigenvalue weighted by atomic mass is 16.5. The van der Waals surface area contributed by atoms with Gasteiger partial charge in [-0.2, -0.15) is 0 Å². The molecule has 1 aliphatic heterocycles. The van der Waals surface area contributed by atoms with E-state index in [4.69, 9.17) is 4.74 Å². The Kier molecular flexibility index (Phi) is 6.20. The Morgan fingerprint density at radius 1 is 1.29 bits per heavy atom. The average Bonchev–Trinajstić information content (AvgIpc) is 2.92. The van der Waals surface area contributed by atoms with Gasteiger partial charge in [0.05, 0.1) is 12.7 Å². The minimum Gasteiger partial charge on any atom is -0.496 e. The minimum atomic E-state index is -0.130. The summed E-state index contributed by atoms with van der Waals surface area (Å²) in [6.07, 6.45) is 2.45. The van der Waals surface area contributed by atoms with Crippen molar-refractivity contribution in [3.8, 4) is 5.75 Å². The van der Waals surface area contributed by atoms with E-state index in [1.807, 2.05) is 26.1 Å². The molecule has 0 spiro atoms. The lowest BCUT2D eigenvalue weighted by molar-refractivity contribution is -0.121. The fourth-order valence-electron chi connectivity index (χ4n) is 3.19. The third kappa shape index (κ3) is 4.26. The number of hydrogen-bond acceptors (Lipinski definition) is 4. The summed E-state index contributed by atoms with van der Waals surface area (Å²) in [5, 5.41) is 5.66. The van der Waals surface area contributed by atoms with Crippen LogP contribution in [0.2, 0.25) is 0 Å². The molecule has 1 aromatic carbocycles. The first-order valence-electron chi connectivity index (χ1n) is 8.31. The SMILES string of the molecule is CNC(=O)C[C@H]1CC[C@@H](CNC(=O)c2ccc(C)cc2OC)N1C. The van der Waals surface area contributed by atoms with Crippen LogP contribution in [-0.2, 0) is 4.79 Å². The lowest BCUT2D eigenvalue weighted by Gasteiger charge is -2.25. The number of benzene rings is 1. The predicted octanol–water partition coefficient (Wildman–Crippen LogP) is 1.33. The molecule has 0 radical (unpaired) electrons. The molecule has 2 N–H and O–H groups in total. The highest BCUT2D eigenvalue weighted by Gasteiger charge is 2.31. The highest BCUT2D eigenvalue weighted by molar-refractivity contribution is 5.97. The van der Waals surface area contributed by atoms with Crippen molar-refractivity contribution < 1.29 is 14.3 Å². The highest BCUT2D eigenvalue weighted by Crippen LogP contribution is 2.24. The maximum atomic E-state index is 12.4. The van der Waals surface area contributed by atoms with E-state index < -0.39 is 0 Å². The van der Waals surface area contributed by atoms with Crippen molar-refractivity contribution in [3.63, 3.8) is 0 Å². The van der Waals surface area contributed by atoms with Crippen LogP contribution in [0.5, 0.6) is 5.75 Å². The first kappa shape index (κ1) is 18.3. The van der Waals surface area contributed by atoms with Crippen LogP contribution in [0.3, 0.4) is 0 Å². The molecule has 1 saturated heterocycles. The summed E-state index contributed by atoms with van der Waals surface area (Å²) in [6, 6.07) is 6.03. The normalized spacial score (nSPS) is 20.7. The first-order chi connectivity index (χ1) is 11.5. The number of methoxy groups -OCH3 is 1. The van der Waals surface area contributed by atoms with Gasteiger partial charge in [-0.15, -0.1) is 0 Å². The number of hydrogen-bond donors (Lipinski definition) is 2. The van der Waals surface area contributed by atoms with Crippen LogP contribution in [-0.4, -0.2) is 56.5 Å². The van der Waals surface area contributed by atoms with Crippen molar-refractivity contribution in [1.29, 1.82) is 0 Å². The van der Waals surface area contributed by atoms with Crippen molar-refractivity contribution in [1.82, 2.24) is 15.5 Å². The molecule has 1 heterocycles. The van der Waals surface area contributed by atoms with E-state index in [1.165, 1.54) is 0 Å². The topological polar surface area (TPSA) is 70.7 Å². The van der Waals surface area contributed by atoms with E-state index in [0.29, 0.717) is 24.3 Å². The molecular weight excluding hydrogens is 306 g/mol. The van der Waals surface area contributed by atoms with Gasteiger partial charge in [0, 0.05) is 32.1 Å². The molecule has 0 saturated carbocycles. The van der Waals surface area contributed by atoms with Gasteiger partial charge in [0.25, 0.3) is 5.91 Å². The molecule has 6 nitrogen and oxygen atoms in total. The van der Waals surface area contributed by atoms with Crippen molar-refractivity contribution in [3.05, 3.63) is 29.3 Å².